The molecule has 2 amide bonds. The number of carbonyl (C=O) groups excluding carboxylic acids is 1. The lowest BCUT2D eigenvalue weighted by Gasteiger charge is -2.24. The number of urea groups is 1. The summed E-state index contributed by atoms with van der Waals surface area (Å²) in [5.41, 5.74) is 5.15. The van der Waals surface area contributed by atoms with E-state index >= 15 is 0 Å². The van der Waals surface area contributed by atoms with Crippen molar-refractivity contribution in [2.24, 2.45) is 0 Å². The maximum atomic E-state index is 12.7. The van der Waals surface area contributed by atoms with Crippen molar-refractivity contribution in [2.75, 3.05) is 39.3 Å². The maximum Gasteiger partial charge on any atom is 0.321 e. The molecular formula is C25H31N3O4. The lowest BCUT2D eigenvalue weighted by atomic mass is 9.92. The molecule has 0 spiro atoms. The van der Waals surface area contributed by atoms with Gasteiger partial charge in [0.05, 0.1) is 20.3 Å². The zero-order chi connectivity index (χ0) is 22.8. The molecule has 2 heterocycles. The molecule has 0 aliphatic carbocycles. The first-order chi connectivity index (χ1) is 15.4. The predicted octanol–water partition coefficient (Wildman–Crippen LogP) is 3.25. The average Bonchev–Trinajstić information content (AvgIpc) is 3.19. The minimum atomic E-state index is -0.267. The van der Waals surface area contributed by atoms with E-state index in [0.29, 0.717) is 24.5 Å². The number of rotatable bonds is 4. The molecule has 2 aromatic rings. The topological polar surface area (TPSA) is 74.3 Å². The van der Waals surface area contributed by atoms with E-state index < -0.39 is 0 Å². The van der Waals surface area contributed by atoms with E-state index in [2.05, 4.69) is 34.5 Å². The molecular weight excluding hydrogens is 406 g/mol. The van der Waals surface area contributed by atoms with Gasteiger partial charge in [-0.15, -0.1) is 0 Å². The number of anilines is 1. The summed E-state index contributed by atoms with van der Waals surface area (Å²) in [4.78, 5) is 16.6. The van der Waals surface area contributed by atoms with E-state index in [1.165, 1.54) is 0 Å². The zero-order valence-corrected chi connectivity index (χ0v) is 19.1. The van der Waals surface area contributed by atoms with Crippen LogP contribution in [0.25, 0.3) is 5.57 Å². The van der Waals surface area contributed by atoms with Gasteiger partial charge in [0.25, 0.3) is 0 Å². The zero-order valence-electron chi connectivity index (χ0n) is 19.1. The number of carbonyl (C=O) groups is 1. The van der Waals surface area contributed by atoms with Gasteiger partial charge in [0, 0.05) is 43.6 Å². The Kier molecular flexibility index (Phi) is 6.28. The number of nitrogens with zero attached hydrogens (tertiary/aromatic N) is 2. The number of ether oxygens (including phenoxy) is 2. The summed E-state index contributed by atoms with van der Waals surface area (Å²) >= 11 is 0. The number of fused-ring (bicyclic) bond motifs is 1. The molecule has 2 aliphatic rings. The van der Waals surface area contributed by atoms with Gasteiger partial charge in [-0.3, -0.25) is 4.90 Å². The van der Waals surface area contributed by atoms with Crippen LogP contribution in [0.4, 0.5) is 10.5 Å². The Labute approximate surface area is 189 Å². The number of hydrogen-bond donors (Lipinski definition) is 2. The summed E-state index contributed by atoms with van der Waals surface area (Å²) in [6.07, 6.45) is 3.14. The molecule has 0 radical (unpaired) electrons. The number of nitrogens with one attached hydrogen (secondary N) is 1. The fraction of sp³-hybridized carbons (Fsp3) is 0.400. The molecule has 7 nitrogen and oxygen atoms in total. The smallest absolute Gasteiger partial charge is 0.321 e. The third-order valence-electron chi connectivity index (χ3n) is 6.31. The lowest BCUT2D eigenvalue weighted by Crippen LogP contribution is -2.40. The highest BCUT2D eigenvalue weighted by Gasteiger charge is 2.27. The van der Waals surface area contributed by atoms with Crippen LogP contribution in [0.1, 0.15) is 30.0 Å². The highest BCUT2D eigenvalue weighted by atomic mass is 16.5. The van der Waals surface area contributed by atoms with E-state index in [0.717, 1.165) is 40.9 Å². The van der Waals surface area contributed by atoms with Crippen molar-refractivity contribution in [1.82, 2.24) is 10.2 Å². The summed E-state index contributed by atoms with van der Waals surface area (Å²) in [6.45, 7) is 3.55. The molecule has 2 N–H and O–H groups in total. The molecule has 0 aromatic heterocycles. The van der Waals surface area contributed by atoms with Gasteiger partial charge in [-0.2, -0.15) is 0 Å². The van der Waals surface area contributed by atoms with Crippen molar-refractivity contribution < 1.29 is 19.4 Å². The molecule has 170 valence electrons. The van der Waals surface area contributed by atoms with Crippen molar-refractivity contribution in [1.29, 1.82) is 0 Å². The molecule has 2 aliphatic heterocycles. The second-order valence-corrected chi connectivity index (χ2v) is 8.36. The van der Waals surface area contributed by atoms with E-state index in [1.807, 2.05) is 25.3 Å². The number of methoxy groups -OCH3 is 2. The first-order valence-electron chi connectivity index (χ1n) is 11.0. The molecule has 0 unspecified atom stereocenters. The van der Waals surface area contributed by atoms with Crippen LogP contribution in [0.15, 0.2) is 42.6 Å². The second kappa shape index (κ2) is 9.12. The SMILES string of the molecule is CNC(=O)N1C=C(c2ccc(N3CC[C@@H](O)C3)cc2)c2cc(OC)c(OC)cc2C[C@H]1C. The number of benzene rings is 2. The highest BCUT2D eigenvalue weighted by Crippen LogP contribution is 2.39. The Hall–Kier alpha value is -3.19. The van der Waals surface area contributed by atoms with Crippen LogP contribution in [-0.4, -0.2) is 62.5 Å². The van der Waals surface area contributed by atoms with Crippen molar-refractivity contribution >= 4 is 17.3 Å². The van der Waals surface area contributed by atoms with Crippen molar-refractivity contribution in [3.05, 3.63) is 59.3 Å². The van der Waals surface area contributed by atoms with Crippen LogP contribution in [0.3, 0.4) is 0 Å². The number of aliphatic hydroxyl groups excluding tert-OH is 1. The molecule has 7 heteroatoms. The molecule has 2 aromatic carbocycles. The Balaban J connectivity index is 1.80. The van der Waals surface area contributed by atoms with Gasteiger partial charge in [-0.1, -0.05) is 12.1 Å². The van der Waals surface area contributed by atoms with Crippen molar-refractivity contribution in [3.8, 4) is 11.5 Å². The van der Waals surface area contributed by atoms with Gasteiger partial charge < -0.3 is 24.8 Å². The first-order valence-corrected chi connectivity index (χ1v) is 11.0. The highest BCUT2D eigenvalue weighted by molar-refractivity contribution is 5.87. The summed E-state index contributed by atoms with van der Waals surface area (Å²) in [7, 11) is 4.90. The Morgan fingerprint density at radius 1 is 1.12 bits per heavy atom. The first kappa shape index (κ1) is 22.0. The number of β-amino-alcohol motifs (C(OH)–C–C–N with tert-alkyl or cyclic N) is 1. The maximum absolute atomic E-state index is 12.7. The molecule has 0 saturated carbocycles. The Morgan fingerprint density at radius 3 is 2.41 bits per heavy atom. The lowest BCUT2D eigenvalue weighted by molar-refractivity contribution is 0.198. The Morgan fingerprint density at radius 2 is 1.81 bits per heavy atom. The molecule has 1 saturated heterocycles. The molecule has 2 atom stereocenters. The Bertz CT molecular complexity index is 1020. The third-order valence-corrected chi connectivity index (χ3v) is 6.31. The standard InChI is InChI=1S/C25H31N3O4/c1-16-11-18-12-23(31-3)24(32-4)13-21(18)22(15-28(16)25(30)26-2)17-5-7-19(8-6-17)27-10-9-20(29)14-27/h5-8,12-13,15-16,20,29H,9-11,14H2,1-4H3,(H,26,30)/t16-,20-/m1/s1. The van der Waals surface area contributed by atoms with Gasteiger partial charge in [0.15, 0.2) is 11.5 Å². The number of hydrogen-bond acceptors (Lipinski definition) is 5. The van der Waals surface area contributed by atoms with Crippen LogP contribution in [0.5, 0.6) is 11.5 Å². The molecule has 0 bridgehead atoms. The minimum absolute atomic E-state index is 0.0327. The van der Waals surface area contributed by atoms with Crippen LogP contribution < -0.4 is 19.7 Å². The summed E-state index contributed by atoms with van der Waals surface area (Å²) in [5.74, 6) is 1.33. The second-order valence-electron chi connectivity index (χ2n) is 8.36. The largest absolute Gasteiger partial charge is 0.493 e. The normalized spacial score (nSPS) is 20.3. The number of amides is 2. The van der Waals surface area contributed by atoms with Crippen molar-refractivity contribution in [3.63, 3.8) is 0 Å². The molecule has 1 fully saturated rings. The summed E-state index contributed by atoms with van der Waals surface area (Å²) in [5, 5.41) is 12.6. The van der Waals surface area contributed by atoms with Gasteiger partial charge in [0.1, 0.15) is 0 Å². The van der Waals surface area contributed by atoms with Crippen LogP contribution >= 0.6 is 0 Å². The summed E-state index contributed by atoms with van der Waals surface area (Å²) in [6, 6.07) is 12.1. The van der Waals surface area contributed by atoms with Gasteiger partial charge >= 0.3 is 6.03 Å². The minimum Gasteiger partial charge on any atom is -0.493 e. The molecule has 4 rings (SSSR count). The van der Waals surface area contributed by atoms with Crippen LogP contribution in [-0.2, 0) is 6.42 Å². The van der Waals surface area contributed by atoms with Gasteiger partial charge in [-0.25, -0.2) is 4.79 Å². The monoisotopic (exact) mass is 437 g/mol. The third kappa shape index (κ3) is 4.12. The fourth-order valence-corrected chi connectivity index (χ4v) is 4.54. The average molecular weight is 438 g/mol. The number of aliphatic hydroxyl groups is 1. The van der Waals surface area contributed by atoms with E-state index in [1.54, 1.807) is 26.2 Å². The van der Waals surface area contributed by atoms with Crippen molar-refractivity contribution in [2.45, 2.75) is 31.9 Å². The van der Waals surface area contributed by atoms with E-state index in [-0.39, 0.29) is 18.2 Å². The fourth-order valence-electron chi connectivity index (χ4n) is 4.54. The van der Waals surface area contributed by atoms with Gasteiger partial charge in [0.2, 0.25) is 0 Å². The quantitative estimate of drug-likeness (QED) is 0.768. The van der Waals surface area contributed by atoms with E-state index in [9.17, 15) is 9.90 Å². The predicted molar refractivity (Wildman–Crippen MR) is 125 cm³/mol. The molecule has 32 heavy (non-hydrogen) atoms. The van der Waals surface area contributed by atoms with Crippen LogP contribution in [0.2, 0.25) is 0 Å². The van der Waals surface area contributed by atoms with Gasteiger partial charge in [-0.05, 0) is 60.7 Å². The summed E-state index contributed by atoms with van der Waals surface area (Å²) < 4.78 is 11.1. The van der Waals surface area contributed by atoms with Crippen LogP contribution in [0, 0.1) is 0 Å². The van der Waals surface area contributed by atoms with E-state index in [4.69, 9.17) is 9.47 Å².